The molecule has 1 atom stereocenters. The minimum absolute atomic E-state index is 0.544. The molecule has 0 aliphatic carbocycles. The number of hydrogen-bond acceptors (Lipinski definition) is 3. The van der Waals surface area contributed by atoms with Gasteiger partial charge in [0.25, 0.3) is 0 Å². The van der Waals surface area contributed by atoms with Gasteiger partial charge in [0.1, 0.15) is 0 Å². The van der Waals surface area contributed by atoms with Gasteiger partial charge in [-0.1, -0.05) is 5.92 Å². The van der Waals surface area contributed by atoms with Gasteiger partial charge in [-0.15, -0.1) is 6.42 Å². The summed E-state index contributed by atoms with van der Waals surface area (Å²) in [6.07, 6.45) is 11.5. The van der Waals surface area contributed by atoms with Gasteiger partial charge in [0.15, 0.2) is 0 Å². The van der Waals surface area contributed by atoms with Crippen molar-refractivity contribution in [2.75, 3.05) is 20.1 Å². The van der Waals surface area contributed by atoms with Crippen molar-refractivity contribution in [3.8, 4) is 12.3 Å². The van der Waals surface area contributed by atoms with Crippen molar-refractivity contribution in [1.29, 1.82) is 0 Å². The Hall–Kier alpha value is -1.37. The van der Waals surface area contributed by atoms with E-state index in [2.05, 4.69) is 27.4 Å². The maximum Gasteiger partial charge on any atom is 0.0428 e. The highest BCUT2D eigenvalue weighted by atomic mass is 15.5. The highest BCUT2D eigenvalue weighted by Crippen LogP contribution is 2.25. The lowest BCUT2D eigenvalue weighted by Gasteiger charge is -2.32. The normalized spacial score (nSPS) is 21.6. The summed E-state index contributed by atoms with van der Waals surface area (Å²) in [4.78, 5) is 4.20. The lowest BCUT2D eigenvalue weighted by atomic mass is 9.92. The van der Waals surface area contributed by atoms with Crippen molar-refractivity contribution in [3.63, 3.8) is 0 Å². The van der Waals surface area contributed by atoms with E-state index in [9.17, 15) is 0 Å². The molecule has 0 aromatic carbocycles. The Morgan fingerprint density at radius 2 is 2.44 bits per heavy atom. The molecule has 0 spiro atoms. The van der Waals surface area contributed by atoms with Gasteiger partial charge in [-0.3, -0.25) is 10.4 Å². The van der Waals surface area contributed by atoms with Crippen LogP contribution in [0.4, 0.5) is 0 Å². The summed E-state index contributed by atoms with van der Waals surface area (Å²) in [5, 5.41) is 2.25. The molecular weight excluding hydrogens is 198 g/mol. The lowest BCUT2D eigenvalue weighted by Crippen LogP contribution is -2.42. The van der Waals surface area contributed by atoms with Gasteiger partial charge in [0.05, 0.1) is 0 Å². The molecule has 0 saturated carbocycles. The zero-order valence-electron chi connectivity index (χ0n) is 9.61. The van der Waals surface area contributed by atoms with Gasteiger partial charge >= 0.3 is 0 Å². The molecule has 1 N–H and O–H groups in total. The minimum Gasteiger partial charge on any atom is -0.263 e. The molecular formula is C13H17N3. The summed E-state index contributed by atoms with van der Waals surface area (Å²) < 4.78 is 0. The summed E-state index contributed by atoms with van der Waals surface area (Å²) >= 11 is 0. The van der Waals surface area contributed by atoms with Crippen LogP contribution in [0.15, 0.2) is 18.5 Å². The first-order valence-corrected chi connectivity index (χ1v) is 5.67. The van der Waals surface area contributed by atoms with Crippen LogP contribution in [-0.4, -0.2) is 30.1 Å². The first kappa shape index (κ1) is 11.1. The molecule has 1 fully saturated rings. The van der Waals surface area contributed by atoms with E-state index < -0.39 is 0 Å². The second kappa shape index (κ2) is 5.11. The molecule has 1 aliphatic heterocycles. The topological polar surface area (TPSA) is 28.2 Å². The first-order chi connectivity index (χ1) is 7.83. The monoisotopic (exact) mass is 215 g/mol. The fourth-order valence-electron chi connectivity index (χ4n) is 2.21. The maximum absolute atomic E-state index is 5.39. The number of terminal acetylenes is 1. The van der Waals surface area contributed by atoms with Crippen LogP contribution in [0, 0.1) is 12.3 Å². The highest BCUT2D eigenvalue weighted by Gasteiger charge is 2.20. The Morgan fingerprint density at radius 3 is 3.19 bits per heavy atom. The van der Waals surface area contributed by atoms with Crippen molar-refractivity contribution < 1.29 is 0 Å². The van der Waals surface area contributed by atoms with E-state index >= 15 is 0 Å². The molecule has 1 aromatic heterocycles. The van der Waals surface area contributed by atoms with Gasteiger partial charge in [-0.2, -0.15) is 0 Å². The van der Waals surface area contributed by atoms with E-state index in [1.165, 1.54) is 18.4 Å². The number of pyridine rings is 1. The fraction of sp³-hybridized carbons (Fsp3) is 0.462. The number of aromatic nitrogens is 1. The molecule has 0 unspecified atom stereocenters. The Bertz CT molecular complexity index is 394. The molecule has 1 saturated heterocycles. The van der Waals surface area contributed by atoms with E-state index in [-0.39, 0.29) is 0 Å². The predicted octanol–water partition coefficient (Wildman–Crippen LogP) is 1.38. The van der Waals surface area contributed by atoms with Crippen molar-refractivity contribution in [3.05, 3.63) is 29.6 Å². The van der Waals surface area contributed by atoms with Crippen molar-refractivity contribution in [2.45, 2.75) is 18.8 Å². The number of piperidine rings is 1. The molecule has 3 heteroatoms. The Balaban J connectivity index is 2.14. The van der Waals surface area contributed by atoms with Crippen LogP contribution in [0.5, 0.6) is 0 Å². The first-order valence-electron chi connectivity index (χ1n) is 5.67. The van der Waals surface area contributed by atoms with Crippen LogP contribution in [0.2, 0.25) is 0 Å². The molecule has 0 amide bonds. The molecule has 16 heavy (non-hydrogen) atoms. The number of nitrogens with zero attached hydrogens (tertiary/aromatic N) is 2. The van der Waals surface area contributed by atoms with E-state index in [1.54, 1.807) is 6.20 Å². The van der Waals surface area contributed by atoms with Gasteiger partial charge in [0.2, 0.25) is 0 Å². The van der Waals surface area contributed by atoms with E-state index in [4.69, 9.17) is 6.42 Å². The SMILES string of the molecule is C#Cc1cncc([C@H]2CCCN(NC)C2)c1. The third kappa shape index (κ3) is 2.41. The fourth-order valence-corrected chi connectivity index (χ4v) is 2.21. The van der Waals surface area contributed by atoms with E-state index in [0.29, 0.717) is 5.92 Å². The Morgan fingerprint density at radius 1 is 1.56 bits per heavy atom. The summed E-state index contributed by atoms with van der Waals surface area (Å²) in [7, 11) is 1.97. The van der Waals surface area contributed by atoms with E-state index in [1.807, 2.05) is 13.2 Å². The lowest BCUT2D eigenvalue weighted by molar-refractivity contribution is 0.154. The minimum atomic E-state index is 0.544. The number of rotatable bonds is 2. The third-order valence-corrected chi connectivity index (χ3v) is 3.14. The molecule has 3 nitrogen and oxygen atoms in total. The van der Waals surface area contributed by atoms with Crippen LogP contribution >= 0.6 is 0 Å². The zero-order valence-corrected chi connectivity index (χ0v) is 9.61. The van der Waals surface area contributed by atoms with Crippen LogP contribution in [0.3, 0.4) is 0 Å². The Kier molecular flexibility index (Phi) is 3.55. The van der Waals surface area contributed by atoms with Crippen molar-refractivity contribution in [2.24, 2.45) is 0 Å². The van der Waals surface area contributed by atoms with Crippen molar-refractivity contribution in [1.82, 2.24) is 15.4 Å². The van der Waals surface area contributed by atoms with Gasteiger partial charge in [-0.25, -0.2) is 5.01 Å². The summed E-state index contributed by atoms with van der Waals surface area (Å²) in [6, 6.07) is 2.08. The summed E-state index contributed by atoms with van der Waals surface area (Å²) in [5.41, 5.74) is 5.34. The standard InChI is InChI=1S/C13H17N3/c1-3-11-7-13(9-15-8-11)12-5-4-6-16(10-12)14-2/h1,7-9,12,14H,4-6,10H2,2H3/t12-/m0/s1. The van der Waals surface area contributed by atoms with E-state index in [0.717, 1.165) is 18.7 Å². The average Bonchev–Trinajstić information content (AvgIpc) is 2.39. The average molecular weight is 215 g/mol. The van der Waals surface area contributed by atoms with Gasteiger partial charge in [-0.05, 0) is 37.4 Å². The quantitative estimate of drug-likeness (QED) is 0.755. The highest BCUT2D eigenvalue weighted by molar-refractivity contribution is 5.33. The third-order valence-electron chi connectivity index (χ3n) is 3.14. The zero-order chi connectivity index (χ0) is 11.4. The molecule has 2 heterocycles. The van der Waals surface area contributed by atoms with Crippen molar-refractivity contribution >= 4 is 0 Å². The second-order valence-corrected chi connectivity index (χ2v) is 4.16. The smallest absolute Gasteiger partial charge is 0.0428 e. The van der Waals surface area contributed by atoms with Crippen LogP contribution in [-0.2, 0) is 0 Å². The number of nitrogens with one attached hydrogen (secondary N) is 1. The molecule has 1 aromatic rings. The predicted molar refractivity (Wildman–Crippen MR) is 64.8 cm³/mol. The molecule has 0 bridgehead atoms. The Labute approximate surface area is 96.8 Å². The summed E-state index contributed by atoms with van der Waals surface area (Å²) in [6.45, 7) is 2.15. The largest absolute Gasteiger partial charge is 0.263 e. The van der Waals surface area contributed by atoms with Crippen LogP contribution in [0.25, 0.3) is 0 Å². The number of hydrazine groups is 1. The van der Waals surface area contributed by atoms with Crippen LogP contribution in [0.1, 0.15) is 29.9 Å². The van der Waals surface area contributed by atoms with Crippen LogP contribution < -0.4 is 5.43 Å². The number of hydrogen-bond donors (Lipinski definition) is 1. The molecule has 0 radical (unpaired) electrons. The summed E-state index contributed by atoms with van der Waals surface area (Å²) in [5.74, 6) is 3.18. The second-order valence-electron chi connectivity index (χ2n) is 4.16. The van der Waals surface area contributed by atoms with Gasteiger partial charge < -0.3 is 0 Å². The molecule has 84 valence electrons. The maximum atomic E-state index is 5.39. The molecule has 2 rings (SSSR count). The molecule has 1 aliphatic rings. The van der Waals surface area contributed by atoms with Gasteiger partial charge in [0, 0.05) is 31.0 Å².